The molecule has 0 saturated heterocycles. The van der Waals surface area contributed by atoms with E-state index in [1.54, 1.807) is 18.9 Å². The Hall–Kier alpha value is -0.220. The maximum Gasteiger partial charge on any atom is 0.230 e. The van der Waals surface area contributed by atoms with Gasteiger partial charge in [0.1, 0.15) is 0 Å². The molecule has 0 spiro atoms. The van der Waals surface area contributed by atoms with Gasteiger partial charge in [-0.2, -0.15) is 0 Å². The summed E-state index contributed by atoms with van der Waals surface area (Å²) in [7, 11) is 1.68. The molecule has 1 aliphatic rings. The first-order chi connectivity index (χ1) is 7.72. The van der Waals surface area contributed by atoms with Crippen molar-refractivity contribution < 1.29 is 9.53 Å². The molecule has 1 amide bonds. The molecule has 1 N–H and O–H groups in total. The summed E-state index contributed by atoms with van der Waals surface area (Å²) in [6.07, 6.45) is 4.87. The second kappa shape index (κ2) is 7.96. The third kappa shape index (κ3) is 5.75. The van der Waals surface area contributed by atoms with Crippen LogP contribution in [-0.4, -0.2) is 37.2 Å². The van der Waals surface area contributed by atoms with Crippen molar-refractivity contribution in [3.63, 3.8) is 0 Å². The fourth-order valence-corrected chi connectivity index (χ4v) is 2.84. The van der Waals surface area contributed by atoms with Crippen LogP contribution in [0.25, 0.3) is 0 Å². The first-order valence-corrected chi connectivity index (χ1v) is 7.24. The number of nitrogens with one attached hydrogen (secondary N) is 1. The molecule has 0 aromatic heterocycles. The van der Waals surface area contributed by atoms with E-state index in [-0.39, 0.29) is 5.91 Å². The molecule has 1 rings (SSSR count). The van der Waals surface area contributed by atoms with Crippen LogP contribution in [0.1, 0.15) is 32.6 Å². The van der Waals surface area contributed by atoms with Crippen LogP contribution in [0.15, 0.2) is 0 Å². The number of amides is 1. The van der Waals surface area contributed by atoms with Gasteiger partial charge in [-0.1, -0.05) is 19.8 Å². The van der Waals surface area contributed by atoms with Crippen molar-refractivity contribution in [1.29, 1.82) is 0 Å². The maximum atomic E-state index is 11.6. The topological polar surface area (TPSA) is 38.3 Å². The molecule has 2 atom stereocenters. The number of thioether (sulfide) groups is 1. The van der Waals surface area contributed by atoms with E-state index < -0.39 is 0 Å². The SMILES string of the molecule is COCCSCC(=O)N[C@@H]1CCC[C@@H](C)C1. The highest BCUT2D eigenvalue weighted by molar-refractivity contribution is 7.99. The molecule has 3 nitrogen and oxygen atoms in total. The Morgan fingerprint density at radius 1 is 1.50 bits per heavy atom. The molecule has 1 fully saturated rings. The lowest BCUT2D eigenvalue weighted by molar-refractivity contribution is -0.119. The summed E-state index contributed by atoms with van der Waals surface area (Å²) in [6.45, 7) is 2.99. The number of methoxy groups -OCH3 is 1. The predicted molar refractivity (Wildman–Crippen MR) is 68.8 cm³/mol. The largest absolute Gasteiger partial charge is 0.384 e. The van der Waals surface area contributed by atoms with Crippen molar-refractivity contribution in [3.8, 4) is 0 Å². The number of carbonyl (C=O) groups is 1. The number of hydrogen-bond donors (Lipinski definition) is 1. The van der Waals surface area contributed by atoms with Crippen LogP contribution >= 0.6 is 11.8 Å². The average molecular weight is 245 g/mol. The Balaban J connectivity index is 2.08. The molecule has 4 heteroatoms. The molecular formula is C12H23NO2S. The van der Waals surface area contributed by atoms with Crippen molar-refractivity contribution in [3.05, 3.63) is 0 Å². The zero-order chi connectivity index (χ0) is 11.8. The summed E-state index contributed by atoms with van der Waals surface area (Å²) >= 11 is 1.64. The van der Waals surface area contributed by atoms with Gasteiger partial charge in [-0.3, -0.25) is 4.79 Å². The Labute approximate surface area is 103 Å². The second-order valence-corrected chi connectivity index (χ2v) is 5.69. The van der Waals surface area contributed by atoms with E-state index >= 15 is 0 Å². The Kier molecular flexibility index (Phi) is 6.88. The van der Waals surface area contributed by atoms with Crippen molar-refractivity contribution in [2.75, 3.05) is 25.2 Å². The zero-order valence-corrected chi connectivity index (χ0v) is 11.1. The van der Waals surface area contributed by atoms with Gasteiger partial charge in [0, 0.05) is 18.9 Å². The summed E-state index contributed by atoms with van der Waals surface area (Å²) in [6, 6.07) is 0.416. The van der Waals surface area contributed by atoms with Crippen LogP contribution in [0.3, 0.4) is 0 Å². The maximum absolute atomic E-state index is 11.6. The van der Waals surface area contributed by atoms with Crippen LogP contribution in [0.2, 0.25) is 0 Å². The number of rotatable bonds is 6. The third-order valence-electron chi connectivity index (χ3n) is 2.97. The lowest BCUT2D eigenvalue weighted by Gasteiger charge is -2.27. The molecule has 0 aliphatic heterocycles. The van der Waals surface area contributed by atoms with Gasteiger partial charge in [0.15, 0.2) is 0 Å². The van der Waals surface area contributed by atoms with Crippen molar-refractivity contribution in [2.45, 2.75) is 38.6 Å². The van der Waals surface area contributed by atoms with Gasteiger partial charge < -0.3 is 10.1 Å². The number of ether oxygens (including phenoxy) is 1. The molecule has 0 heterocycles. The highest BCUT2D eigenvalue weighted by Crippen LogP contribution is 2.23. The lowest BCUT2D eigenvalue weighted by Crippen LogP contribution is -2.39. The zero-order valence-electron chi connectivity index (χ0n) is 10.3. The summed E-state index contributed by atoms with van der Waals surface area (Å²) in [4.78, 5) is 11.6. The molecule has 1 aliphatic carbocycles. The fourth-order valence-electron chi connectivity index (χ4n) is 2.14. The highest BCUT2D eigenvalue weighted by atomic mass is 32.2. The van der Waals surface area contributed by atoms with Crippen molar-refractivity contribution in [2.24, 2.45) is 5.92 Å². The smallest absolute Gasteiger partial charge is 0.230 e. The van der Waals surface area contributed by atoms with Crippen LogP contribution in [0.4, 0.5) is 0 Å². The third-order valence-corrected chi connectivity index (χ3v) is 3.89. The molecule has 0 bridgehead atoms. The van der Waals surface area contributed by atoms with Crippen LogP contribution in [-0.2, 0) is 9.53 Å². The summed E-state index contributed by atoms with van der Waals surface area (Å²) < 4.78 is 4.94. The van der Waals surface area contributed by atoms with E-state index in [1.165, 1.54) is 12.8 Å². The minimum atomic E-state index is 0.181. The predicted octanol–water partition coefficient (Wildman–Crippen LogP) is 2.06. The first-order valence-electron chi connectivity index (χ1n) is 6.08. The van der Waals surface area contributed by atoms with Gasteiger partial charge in [0.25, 0.3) is 0 Å². The average Bonchev–Trinajstić information content (AvgIpc) is 2.24. The highest BCUT2D eigenvalue weighted by Gasteiger charge is 2.19. The lowest BCUT2D eigenvalue weighted by atomic mass is 9.87. The van der Waals surface area contributed by atoms with Gasteiger partial charge in [0.05, 0.1) is 12.4 Å². The second-order valence-electron chi connectivity index (χ2n) is 4.58. The van der Waals surface area contributed by atoms with Gasteiger partial charge in [-0.25, -0.2) is 0 Å². The molecule has 1 saturated carbocycles. The van der Waals surface area contributed by atoms with E-state index in [0.29, 0.717) is 11.8 Å². The molecule has 0 aromatic carbocycles. The van der Waals surface area contributed by atoms with E-state index in [4.69, 9.17) is 4.74 Å². The van der Waals surface area contributed by atoms with Crippen molar-refractivity contribution in [1.82, 2.24) is 5.32 Å². The summed E-state index contributed by atoms with van der Waals surface area (Å²) in [5.41, 5.74) is 0. The van der Waals surface area contributed by atoms with E-state index in [9.17, 15) is 4.79 Å². The Morgan fingerprint density at radius 3 is 3.00 bits per heavy atom. The molecule has 94 valence electrons. The Morgan fingerprint density at radius 2 is 2.31 bits per heavy atom. The number of hydrogen-bond acceptors (Lipinski definition) is 3. The minimum absolute atomic E-state index is 0.181. The summed E-state index contributed by atoms with van der Waals surface area (Å²) in [5.74, 6) is 2.40. The van der Waals surface area contributed by atoms with E-state index in [2.05, 4.69) is 12.2 Å². The van der Waals surface area contributed by atoms with Gasteiger partial charge >= 0.3 is 0 Å². The quantitative estimate of drug-likeness (QED) is 0.728. The molecule has 0 radical (unpaired) electrons. The Bertz CT molecular complexity index is 211. The van der Waals surface area contributed by atoms with Crippen LogP contribution < -0.4 is 5.32 Å². The van der Waals surface area contributed by atoms with Crippen molar-refractivity contribution >= 4 is 17.7 Å². The van der Waals surface area contributed by atoms with E-state index in [0.717, 1.165) is 31.1 Å². The molecule has 16 heavy (non-hydrogen) atoms. The van der Waals surface area contributed by atoms with Gasteiger partial charge in [-0.05, 0) is 18.8 Å². The summed E-state index contributed by atoms with van der Waals surface area (Å²) in [5, 5.41) is 3.13. The normalized spacial score (nSPS) is 25.4. The van der Waals surface area contributed by atoms with Crippen LogP contribution in [0, 0.1) is 5.92 Å². The molecular weight excluding hydrogens is 222 g/mol. The molecule has 0 unspecified atom stereocenters. The van der Waals surface area contributed by atoms with Gasteiger partial charge in [-0.15, -0.1) is 11.8 Å². The minimum Gasteiger partial charge on any atom is -0.384 e. The number of carbonyl (C=O) groups excluding carboxylic acids is 1. The monoisotopic (exact) mass is 245 g/mol. The first kappa shape index (κ1) is 13.8. The van der Waals surface area contributed by atoms with Gasteiger partial charge in [0.2, 0.25) is 5.91 Å². The fraction of sp³-hybridized carbons (Fsp3) is 0.917. The standard InChI is InChI=1S/C12H23NO2S/c1-10-4-3-5-11(8-10)13-12(14)9-16-7-6-15-2/h10-11H,3-9H2,1-2H3,(H,13,14)/t10-,11-/m1/s1. The molecule has 0 aromatic rings. The van der Waals surface area contributed by atoms with E-state index in [1.807, 2.05) is 0 Å². The van der Waals surface area contributed by atoms with Crippen LogP contribution in [0.5, 0.6) is 0 Å².